The van der Waals surface area contributed by atoms with Crippen LogP contribution in [0.1, 0.15) is 12.1 Å². The van der Waals surface area contributed by atoms with Crippen LogP contribution in [0.4, 0.5) is 0 Å². The highest BCUT2D eigenvalue weighted by Crippen LogP contribution is 2.03. The molecule has 0 bridgehead atoms. The fourth-order valence-electron chi connectivity index (χ4n) is 1.16. The molecule has 1 rings (SSSR count). The normalized spacial score (nSPS) is 10.5. The fourth-order valence-corrected chi connectivity index (χ4v) is 1.26. The largest absolute Gasteiger partial charge is 0.469 e. The van der Waals surface area contributed by atoms with Gasteiger partial charge in [0, 0.05) is 13.1 Å². The molecule has 1 heterocycles. The smallest absolute Gasteiger partial charge is 0.306 e. The minimum absolute atomic E-state index is 0.214. The molecule has 88 valence electrons. The monoisotopic (exact) mass is 243 g/mol. The summed E-state index contributed by atoms with van der Waals surface area (Å²) in [6.45, 7) is 1.25. The Morgan fingerprint density at radius 2 is 2.25 bits per heavy atom. The molecule has 1 aromatic heterocycles. The van der Waals surface area contributed by atoms with Gasteiger partial charge in [0.2, 0.25) is 0 Å². The highest BCUT2D eigenvalue weighted by atomic mass is 35.5. The van der Waals surface area contributed by atoms with Gasteiger partial charge < -0.3 is 4.74 Å². The summed E-state index contributed by atoms with van der Waals surface area (Å²) in [6.07, 6.45) is 3.50. The summed E-state index contributed by atoms with van der Waals surface area (Å²) in [7, 11) is 3.28. The van der Waals surface area contributed by atoms with Crippen molar-refractivity contribution in [3.63, 3.8) is 0 Å². The molecule has 0 unspecified atom stereocenters. The summed E-state index contributed by atoms with van der Waals surface area (Å²) in [5.74, 6) is -0.214. The van der Waals surface area contributed by atoms with E-state index >= 15 is 0 Å². The van der Waals surface area contributed by atoms with Gasteiger partial charge >= 0.3 is 5.97 Å². The molecule has 5 nitrogen and oxygen atoms in total. The van der Waals surface area contributed by atoms with E-state index in [1.54, 1.807) is 6.20 Å². The van der Waals surface area contributed by atoms with Gasteiger partial charge in [-0.3, -0.25) is 14.7 Å². The van der Waals surface area contributed by atoms with Crippen LogP contribution in [0.5, 0.6) is 0 Å². The maximum atomic E-state index is 10.9. The van der Waals surface area contributed by atoms with Gasteiger partial charge in [0.05, 0.1) is 31.6 Å². The summed E-state index contributed by atoms with van der Waals surface area (Å²) >= 11 is 5.62. The standard InChI is InChI=1S/C10H14ClN3O2/c1-14(4-3-10(15)16-2)7-8-5-13-9(11)6-12-8/h5-6H,3-4,7H2,1-2H3. The second-order valence-corrected chi connectivity index (χ2v) is 3.78. The third kappa shape index (κ3) is 4.55. The van der Waals surface area contributed by atoms with Gasteiger partial charge in [0.25, 0.3) is 0 Å². The lowest BCUT2D eigenvalue weighted by atomic mass is 10.3. The van der Waals surface area contributed by atoms with E-state index in [9.17, 15) is 4.79 Å². The van der Waals surface area contributed by atoms with Crippen LogP contribution in [-0.4, -0.2) is 41.5 Å². The Labute approximate surface area is 99.4 Å². The van der Waals surface area contributed by atoms with Crippen LogP contribution in [0.3, 0.4) is 0 Å². The summed E-state index contributed by atoms with van der Waals surface area (Å²) in [5.41, 5.74) is 0.816. The number of esters is 1. The van der Waals surface area contributed by atoms with Gasteiger partial charge in [-0.2, -0.15) is 0 Å². The van der Waals surface area contributed by atoms with Crippen LogP contribution in [0.25, 0.3) is 0 Å². The zero-order valence-corrected chi connectivity index (χ0v) is 10.1. The average Bonchev–Trinajstić information content (AvgIpc) is 2.29. The number of hydrogen-bond acceptors (Lipinski definition) is 5. The van der Waals surface area contributed by atoms with Crippen LogP contribution in [0.15, 0.2) is 12.4 Å². The topological polar surface area (TPSA) is 55.3 Å². The van der Waals surface area contributed by atoms with E-state index in [0.717, 1.165) is 5.69 Å². The SMILES string of the molecule is COC(=O)CCN(C)Cc1cnc(Cl)cn1. The number of carbonyl (C=O) groups is 1. The van der Waals surface area contributed by atoms with E-state index in [2.05, 4.69) is 14.7 Å². The van der Waals surface area contributed by atoms with Crippen LogP contribution in [-0.2, 0) is 16.1 Å². The third-order valence-electron chi connectivity index (χ3n) is 2.03. The summed E-state index contributed by atoms with van der Waals surface area (Å²) < 4.78 is 4.56. The Bertz CT molecular complexity index is 342. The lowest BCUT2D eigenvalue weighted by molar-refractivity contribution is -0.140. The molecular weight excluding hydrogens is 230 g/mol. The molecule has 0 radical (unpaired) electrons. The molecule has 0 aliphatic rings. The molecule has 0 saturated heterocycles. The van der Waals surface area contributed by atoms with Crippen molar-refractivity contribution in [2.24, 2.45) is 0 Å². The lowest BCUT2D eigenvalue weighted by Crippen LogP contribution is -2.22. The van der Waals surface area contributed by atoms with Crippen molar-refractivity contribution in [1.82, 2.24) is 14.9 Å². The van der Waals surface area contributed by atoms with Crippen LogP contribution < -0.4 is 0 Å². The van der Waals surface area contributed by atoms with Gasteiger partial charge in [-0.05, 0) is 7.05 Å². The minimum Gasteiger partial charge on any atom is -0.469 e. The van der Waals surface area contributed by atoms with Crippen molar-refractivity contribution in [1.29, 1.82) is 0 Å². The predicted molar refractivity (Wildman–Crippen MR) is 60.0 cm³/mol. The number of methoxy groups -OCH3 is 1. The quantitative estimate of drug-likeness (QED) is 0.726. The number of aromatic nitrogens is 2. The molecule has 1 aromatic rings. The molecule has 0 fully saturated rings. The molecule has 0 aromatic carbocycles. The molecular formula is C10H14ClN3O2. The Hall–Kier alpha value is -1.20. The first-order chi connectivity index (χ1) is 7.61. The van der Waals surface area contributed by atoms with Crippen molar-refractivity contribution < 1.29 is 9.53 Å². The van der Waals surface area contributed by atoms with E-state index in [0.29, 0.717) is 24.7 Å². The second kappa shape index (κ2) is 6.40. The Morgan fingerprint density at radius 1 is 1.50 bits per heavy atom. The highest BCUT2D eigenvalue weighted by molar-refractivity contribution is 6.29. The van der Waals surface area contributed by atoms with Crippen molar-refractivity contribution in [3.05, 3.63) is 23.2 Å². The summed E-state index contributed by atoms with van der Waals surface area (Å²) in [5, 5.41) is 0.376. The molecule has 0 atom stereocenters. The predicted octanol–water partition coefficient (Wildman–Crippen LogP) is 1.12. The average molecular weight is 244 g/mol. The first kappa shape index (κ1) is 12.9. The van der Waals surface area contributed by atoms with Gasteiger partial charge in [-0.1, -0.05) is 11.6 Å². The number of nitrogens with zero attached hydrogens (tertiary/aromatic N) is 3. The third-order valence-corrected chi connectivity index (χ3v) is 2.23. The molecule has 0 amide bonds. The first-order valence-electron chi connectivity index (χ1n) is 4.83. The van der Waals surface area contributed by atoms with E-state index in [1.165, 1.54) is 13.3 Å². The fraction of sp³-hybridized carbons (Fsp3) is 0.500. The molecule has 0 aliphatic heterocycles. The molecule has 0 N–H and O–H groups in total. The van der Waals surface area contributed by atoms with Crippen LogP contribution in [0.2, 0.25) is 5.15 Å². The van der Waals surface area contributed by atoms with Crippen molar-refractivity contribution in [2.45, 2.75) is 13.0 Å². The van der Waals surface area contributed by atoms with Gasteiger partial charge in [-0.15, -0.1) is 0 Å². The summed E-state index contributed by atoms with van der Waals surface area (Å²) in [4.78, 5) is 20.9. The molecule has 16 heavy (non-hydrogen) atoms. The summed E-state index contributed by atoms with van der Waals surface area (Å²) in [6, 6.07) is 0. The van der Waals surface area contributed by atoms with Crippen molar-refractivity contribution in [3.8, 4) is 0 Å². The van der Waals surface area contributed by atoms with Gasteiger partial charge in [0.1, 0.15) is 5.15 Å². The molecule has 0 aliphatic carbocycles. The Balaban J connectivity index is 2.36. The lowest BCUT2D eigenvalue weighted by Gasteiger charge is -2.14. The molecule has 0 spiro atoms. The number of hydrogen-bond donors (Lipinski definition) is 0. The number of rotatable bonds is 5. The minimum atomic E-state index is -0.214. The zero-order chi connectivity index (χ0) is 12.0. The first-order valence-corrected chi connectivity index (χ1v) is 5.21. The number of ether oxygens (including phenoxy) is 1. The van der Waals surface area contributed by atoms with Crippen LogP contribution in [0, 0.1) is 0 Å². The maximum absolute atomic E-state index is 10.9. The Morgan fingerprint density at radius 3 is 2.81 bits per heavy atom. The van der Waals surface area contributed by atoms with Crippen molar-refractivity contribution >= 4 is 17.6 Å². The second-order valence-electron chi connectivity index (χ2n) is 3.39. The maximum Gasteiger partial charge on any atom is 0.306 e. The van der Waals surface area contributed by atoms with E-state index in [4.69, 9.17) is 11.6 Å². The van der Waals surface area contributed by atoms with E-state index in [-0.39, 0.29) is 5.97 Å². The van der Waals surface area contributed by atoms with E-state index in [1.807, 2.05) is 11.9 Å². The van der Waals surface area contributed by atoms with E-state index < -0.39 is 0 Å². The molecule has 0 saturated carbocycles. The number of carbonyl (C=O) groups excluding carboxylic acids is 1. The van der Waals surface area contributed by atoms with Crippen molar-refractivity contribution in [2.75, 3.05) is 20.7 Å². The highest BCUT2D eigenvalue weighted by Gasteiger charge is 2.05. The number of halogens is 1. The van der Waals surface area contributed by atoms with Gasteiger partial charge in [0.15, 0.2) is 0 Å². The zero-order valence-electron chi connectivity index (χ0n) is 9.31. The van der Waals surface area contributed by atoms with Gasteiger partial charge in [-0.25, -0.2) is 4.98 Å². The molecule has 6 heteroatoms. The van der Waals surface area contributed by atoms with Crippen LogP contribution >= 0.6 is 11.6 Å². The Kier molecular flexibility index (Phi) is 5.14.